The van der Waals surface area contributed by atoms with Gasteiger partial charge in [0.15, 0.2) is 5.75 Å². The van der Waals surface area contributed by atoms with E-state index in [1.54, 1.807) is 4.90 Å². The predicted molar refractivity (Wildman–Crippen MR) is 100.0 cm³/mol. The van der Waals surface area contributed by atoms with Crippen molar-refractivity contribution in [3.8, 4) is 5.75 Å². The van der Waals surface area contributed by atoms with E-state index in [2.05, 4.69) is 5.32 Å². The molecule has 1 aromatic carbocycles. The van der Waals surface area contributed by atoms with Crippen LogP contribution in [0.15, 0.2) is 18.2 Å². The number of carbonyl (C=O) groups is 2. The molecule has 0 saturated heterocycles. The fourth-order valence-electron chi connectivity index (χ4n) is 6.27. The summed E-state index contributed by atoms with van der Waals surface area (Å²) in [5.41, 5.74) is 0.303. The molecule has 1 amide bonds. The molecule has 148 valence electrons. The van der Waals surface area contributed by atoms with E-state index in [1.807, 2.05) is 0 Å². The average Bonchev–Trinajstić information content (AvgIpc) is 2.59. The number of benzene rings is 1. The Kier molecular flexibility index (Phi) is 3.86. The van der Waals surface area contributed by atoms with Crippen LogP contribution in [0.4, 0.5) is 11.4 Å². The van der Waals surface area contributed by atoms with Gasteiger partial charge < -0.3 is 15.0 Å². The molecule has 1 aliphatic heterocycles. The number of hydrogen-bond acceptors (Lipinski definition) is 6. The zero-order chi connectivity index (χ0) is 19.5. The number of hydrogen-bond donors (Lipinski definition) is 1. The quantitative estimate of drug-likeness (QED) is 0.370. The molecule has 6 rings (SSSR count). The molecule has 0 aromatic heterocycles. The molecule has 8 heteroatoms. The maximum Gasteiger partial charge on any atom is 0.331 e. The van der Waals surface area contributed by atoms with E-state index in [0.717, 1.165) is 37.0 Å². The molecule has 0 radical (unpaired) electrons. The van der Waals surface area contributed by atoms with Gasteiger partial charge in [-0.2, -0.15) is 0 Å². The Balaban J connectivity index is 1.32. The van der Waals surface area contributed by atoms with Crippen LogP contribution in [0.1, 0.15) is 38.5 Å². The summed E-state index contributed by atoms with van der Waals surface area (Å²) in [6.07, 6.45) is 7.11. The van der Waals surface area contributed by atoms with Gasteiger partial charge in [-0.15, -0.1) is 0 Å². The van der Waals surface area contributed by atoms with Crippen molar-refractivity contribution in [2.45, 2.75) is 44.1 Å². The van der Waals surface area contributed by atoms with Gasteiger partial charge in [0.2, 0.25) is 5.91 Å². The Bertz CT molecular complexity index is 832. The van der Waals surface area contributed by atoms with Crippen LogP contribution in [-0.4, -0.2) is 35.4 Å². The van der Waals surface area contributed by atoms with Gasteiger partial charge >= 0.3 is 5.97 Å². The maximum atomic E-state index is 12.9. The van der Waals surface area contributed by atoms with Crippen LogP contribution in [-0.2, 0) is 9.59 Å². The van der Waals surface area contributed by atoms with Crippen LogP contribution in [0.25, 0.3) is 0 Å². The first-order valence-corrected chi connectivity index (χ1v) is 9.94. The molecular formula is C20H23N3O5. The number of nitrogens with one attached hydrogen (secondary N) is 1. The Morgan fingerprint density at radius 2 is 1.86 bits per heavy atom. The van der Waals surface area contributed by atoms with Gasteiger partial charge in [-0.05, 0) is 62.3 Å². The molecule has 1 N–H and O–H groups in total. The SMILES string of the molecule is O=C(CN1CC(=O)Oc2cc([N+](=O)[O-])ccc21)NC12CC3CC(CC(C3)C1)C2. The second kappa shape index (κ2) is 6.18. The largest absolute Gasteiger partial charge is 0.423 e. The first-order valence-electron chi connectivity index (χ1n) is 9.94. The lowest BCUT2D eigenvalue weighted by Crippen LogP contribution is -2.61. The molecule has 4 fully saturated rings. The average molecular weight is 385 g/mol. The fraction of sp³-hybridized carbons (Fsp3) is 0.600. The topological polar surface area (TPSA) is 102 Å². The van der Waals surface area contributed by atoms with E-state index in [4.69, 9.17) is 4.74 Å². The van der Waals surface area contributed by atoms with Crippen molar-refractivity contribution in [1.29, 1.82) is 0 Å². The number of anilines is 1. The maximum absolute atomic E-state index is 12.9. The van der Waals surface area contributed by atoms with Crippen LogP contribution < -0.4 is 15.0 Å². The van der Waals surface area contributed by atoms with Crippen molar-refractivity contribution in [3.63, 3.8) is 0 Å². The number of amides is 1. The first kappa shape index (κ1) is 17.5. The van der Waals surface area contributed by atoms with Crippen LogP contribution in [0.3, 0.4) is 0 Å². The van der Waals surface area contributed by atoms with Gasteiger partial charge in [0.25, 0.3) is 5.69 Å². The number of carbonyl (C=O) groups excluding carboxylic acids is 2. The minimum absolute atomic E-state index is 0.0426. The number of fused-ring (bicyclic) bond motifs is 1. The molecule has 4 bridgehead atoms. The summed E-state index contributed by atoms with van der Waals surface area (Å²) >= 11 is 0. The van der Waals surface area contributed by atoms with Gasteiger partial charge in [0.1, 0.15) is 6.54 Å². The van der Waals surface area contributed by atoms with Gasteiger partial charge in [0.05, 0.1) is 23.2 Å². The third-order valence-corrected chi connectivity index (χ3v) is 6.82. The highest BCUT2D eigenvalue weighted by Crippen LogP contribution is 2.55. The number of rotatable bonds is 4. The van der Waals surface area contributed by atoms with Crippen LogP contribution in [0.5, 0.6) is 5.75 Å². The van der Waals surface area contributed by atoms with E-state index < -0.39 is 10.9 Å². The number of nitro groups is 1. The van der Waals surface area contributed by atoms with Crippen molar-refractivity contribution in [2.75, 3.05) is 18.0 Å². The monoisotopic (exact) mass is 385 g/mol. The van der Waals surface area contributed by atoms with E-state index in [9.17, 15) is 19.7 Å². The first-order chi connectivity index (χ1) is 13.4. The summed E-state index contributed by atoms with van der Waals surface area (Å²) in [5, 5.41) is 14.3. The lowest BCUT2D eigenvalue weighted by Gasteiger charge is -2.57. The lowest BCUT2D eigenvalue weighted by atomic mass is 9.53. The Morgan fingerprint density at radius 1 is 1.21 bits per heavy atom. The van der Waals surface area contributed by atoms with E-state index in [0.29, 0.717) is 5.69 Å². The van der Waals surface area contributed by atoms with Crippen LogP contribution in [0, 0.1) is 27.9 Å². The zero-order valence-corrected chi connectivity index (χ0v) is 15.6. The highest BCUT2D eigenvalue weighted by atomic mass is 16.6. The summed E-state index contributed by atoms with van der Waals surface area (Å²) < 4.78 is 5.15. The number of ether oxygens (including phenoxy) is 1. The fourth-order valence-corrected chi connectivity index (χ4v) is 6.27. The van der Waals surface area contributed by atoms with Crippen LogP contribution >= 0.6 is 0 Å². The van der Waals surface area contributed by atoms with Crippen molar-refractivity contribution in [1.82, 2.24) is 5.32 Å². The Hall–Kier alpha value is -2.64. The second-order valence-corrected chi connectivity index (χ2v) is 8.99. The van der Waals surface area contributed by atoms with E-state index >= 15 is 0 Å². The molecule has 1 heterocycles. The third kappa shape index (κ3) is 3.00. The Morgan fingerprint density at radius 3 is 2.46 bits per heavy atom. The molecule has 28 heavy (non-hydrogen) atoms. The summed E-state index contributed by atoms with van der Waals surface area (Å²) in [6.45, 7) is 0.000761. The smallest absolute Gasteiger partial charge is 0.331 e. The van der Waals surface area contributed by atoms with Crippen molar-refractivity contribution >= 4 is 23.3 Å². The number of non-ortho nitro benzene ring substituents is 1. The van der Waals surface area contributed by atoms with Gasteiger partial charge in [-0.3, -0.25) is 14.9 Å². The minimum Gasteiger partial charge on any atom is -0.423 e. The predicted octanol–water partition coefficient (Wildman–Crippen LogP) is 2.41. The third-order valence-electron chi connectivity index (χ3n) is 6.82. The summed E-state index contributed by atoms with van der Waals surface area (Å²) in [4.78, 5) is 36.9. The molecule has 5 aliphatic rings. The molecule has 1 aromatic rings. The molecule has 0 unspecified atom stereocenters. The summed E-state index contributed by atoms with van der Waals surface area (Å²) in [5.74, 6) is 1.72. The van der Waals surface area contributed by atoms with Gasteiger partial charge in [-0.25, -0.2) is 4.79 Å². The highest BCUT2D eigenvalue weighted by molar-refractivity contribution is 5.90. The van der Waals surface area contributed by atoms with Gasteiger partial charge in [-0.1, -0.05) is 0 Å². The molecule has 0 spiro atoms. The second-order valence-electron chi connectivity index (χ2n) is 8.99. The number of nitrogens with zero attached hydrogens (tertiary/aromatic N) is 2. The highest BCUT2D eigenvalue weighted by Gasteiger charge is 2.51. The summed E-state index contributed by atoms with van der Waals surface area (Å²) in [7, 11) is 0. The zero-order valence-electron chi connectivity index (χ0n) is 15.6. The van der Waals surface area contributed by atoms with Crippen molar-refractivity contribution < 1.29 is 19.2 Å². The standard InChI is InChI=1S/C20H23N3O5/c24-18(21-20-7-12-3-13(8-20)5-14(4-12)9-20)10-22-11-19(25)28-17-6-15(23(26)27)1-2-16(17)22/h1-2,6,12-14H,3-5,7-11H2,(H,21,24). The van der Waals surface area contributed by atoms with E-state index in [-0.39, 0.29) is 36.0 Å². The molecule has 4 aliphatic carbocycles. The number of esters is 1. The Labute approximate surface area is 162 Å². The number of nitro benzene ring substituents is 1. The molecule has 0 atom stereocenters. The lowest BCUT2D eigenvalue weighted by molar-refractivity contribution is -0.384. The van der Waals surface area contributed by atoms with Gasteiger partial charge in [0, 0.05) is 11.6 Å². The van der Waals surface area contributed by atoms with Crippen molar-refractivity contribution in [3.05, 3.63) is 28.3 Å². The van der Waals surface area contributed by atoms with Crippen molar-refractivity contribution in [2.24, 2.45) is 17.8 Å². The molecular weight excluding hydrogens is 362 g/mol. The molecule has 8 nitrogen and oxygen atoms in total. The normalized spacial score (nSPS) is 32.6. The molecule has 4 saturated carbocycles. The summed E-state index contributed by atoms with van der Waals surface area (Å²) in [6, 6.07) is 4.14. The minimum atomic E-state index is -0.535. The van der Waals surface area contributed by atoms with Crippen LogP contribution in [0.2, 0.25) is 0 Å². The van der Waals surface area contributed by atoms with E-state index in [1.165, 1.54) is 37.5 Å².